The van der Waals surface area contributed by atoms with Gasteiger partial charge in [-0.1, -0.05) is 24.3 Å². The highest BCUT2D eigenvalue weighted by molar-refractivity contribution is 7.22. The Bertz CT molecular complexity index is 1880. The molecule has 2 aromatic carbocycles. The molecule has 0 atom stereocenters. The number of hydrogen-bond donors (Lipinski definition) is 0. The van der Waals surface area contributed by atoms with Crippen LogP contribution in [0.25, 0.3) is 20.7 Å². The van der Waals surface area contributed by atoms with Crippen LogP contribution < -0.4 is 15.0 Å². The molecule has 0 N–H and O–H groups in total. The molecule has 0 unspecified atom stereocenters. The molecule has 0 spiro atoms. The number of carbonyl (C=O) groups is 2. The summed E-state index contributed by atoms with van der Waals surface area (Å²) in [7, 11) is 5.44. The number of benzene rings is 2. The van der Waals surface area contributed by atoms with Crippen LogP contribution in [0.4, 0.5) is 4.39 Å². The largest absolute Gasteiger partial charge is 0.496 e. The number of aromatic nitrogens is 2. The topological polar surface area (TPSA) is 90.7 Å². The summed E-state index contributed by atoms with van der Waals surface area (Å²) in [5.41, 5.74) is 2.66. The molecule has 0 amide bonds. The van der Waals surface area contributed by atoms with Crippen LogP contribution in [0.15, 0.2) is 83.9 Å². The van der Waals surface area contributed by atoms with Crippen molar-refractivity contribution in [2.24, 2.45) is 0 Å². The number of nitrogens with zero attached hydrogens (tertiary/aromatic N) is 3. The van der Waals surface area contributed by atoms with Crippen molar-refractivity contribution >= 4 is 33.1 Å². The summed E-state index contributed by atoms with van der Waals surface area (Å²) in [4.78, 5) is 44.8. The van der Waals surface area contributed by atoms with Crippen molar-refractivity contribution in [2.75, 3.05) is 27.7 Å². The first-order valence-electron chi connectivity index (χ1n) is 14.1. The van der Waals surface area contributed by atoms with Gasteiger partial charge in [0.15, 0.2) is 11.6 Å². The summed E-state index contributed by atoms with van der Waals surface area (Å²) >= 11 is 1.44. The number of ether oxygens (including phenoxy) is 2. The van der Waals surface area contributed by atoms with Gasteiger partial charge in [-0.15, -0.1) is 11.3 Å². The Balaban J connectivity index is 1.27. The minimum atomic E-state index is -0.620. The number of para-hydroxylation sites is 1. The van der Waals surface area contributed by atoms with E-state index in [1.807, 2.05) is 43.4 Å². The molecule has 10 heteroatoms. The van der Waals surface area contributed by atoms with Crippen LogP contribution >= 0.6 is 11.3 Å². The van der Waals surface area contributed by atoms with Gasteiger partial charge in [-0.3, -0.25) is 19.4 Å². The number of carbonyl (C=O) groups excluding carboxylic acids is 2. The lowest BCUT2D eigenvalue weighted by Crippen LogP contribution is -2.25. The van der Waals surface area contributed by atoms with E-state index in [1.165, 1.54) is 30.6 Å². The van der Waals surface area contributed by atoms with Crippen molar-refractivity contribution in [3.63, 3.8) is 0 Å². The van der Waals surface area contributed by atoms with E-state index in [-0.39, 0.29) is 42.1 Å². The Morgan fingerprint density at radius 2 is 1.75 bits per heavy atom. The molecule has 3 aromatic heterocycles. The second-order valence-electron chi connectivity index (χ2n) is 10.7. The van der Waals surface area contributed by atoms with Gasteiger partial charge in [-0.25, -0.2) is 4.39 Å². The van der Waals surface area contributed by atoms with Gasteiger partial charge >= 0.3 is 0 Å². The van der Waals surface area contributed by atoms with Gasteiger partial charge in [0.25, 0.3) is 5.56 Å². The maximum Gasteiger partial charge on any atom is 0.250 e. The monoisotopic (exact) mass is 613 g/mol. The van der Waals surface area contributed by atoms with Crippen molar-refractivity contribution in [3.05, 3.63) is 106 Å². The quantitative estimate of drug-likeness (QED) is 0.152. The summed E-state index contributed by atoms with van der Waals surface area (Å²) in [5.74, 6) is -0.106. The van der Waals surface area contributed by atoms with Gasteiger partial charge in [0.2, 0.25) is 0 Å². The van der Waals surface area contributed by atoms with Crippen molar-refractivity contribution in [2.45, 2.75) is 25.8 Å². The molecule has 0 aliphatic heterocycles. The molecule has 3 heterocycles. The predicted molar refractivity (Wildman–Crippen MR) is 169 cm³/mol. The predicted octanol–water partition coefficient (Wildman–Crippen LogP) is 5.94. The lowest BCUT2D eigenvalue weighted by Gasteiger charge is -2.11. The molecule has 226 valence electrons. The Morgan fingerprint density at radius 1 is 0.955 bits per heavy atom. The SMILES string of the molecule is COc1ccccc1CC(=O)CC(=O)Cc1ccc(Oc2ccnc3cc(-c4ccc(=O)n(CCN(C)C)c4)sc23)c(F)c1. The average molecular weight is 614 g/mol. The zero-order valence-electron chi connectivity index (χ0n) is 24.7. The van der Waals surface area contributed by atoms with Gasteiger partial charge in [0.1, 0.15) is 23.1 Å². The third kappa shape index (κ3) is 7.45. The van der Waals surface area contributed by atoms with Crippen LogP contribution in [0.2, 0.25) is 0 Å². The van der Waals surface area contributed by atoms with Crippen LogP contribution in [0.5, 0.6) is 17.2 Å². The minimum absolute atomic E-state index is 0.00753. The highest BCUT2D eigenvalue weighted by atomic mass is 32.1. The highest BCUT2D eigenvalue weighted by Crippen LogP contribution is 2.39. The van der Waals surface area contributed by atoms with Gasteiger partial charge in [-0.05, 0) is 50.0 Å². The molecular weight excluding hydrogens is 581 g/mol. The van der Waals surface area contributed by atoms with E-state index in [4.69, 9.17) is 9.47 Å². The van der Waals surface area contributed by atoms with Crippen LogP contribution in [-0.2, 0) is 29.0 Å². The minimum Gasteiger partial charge on any atom is -0.496 e. The first-order chi connectivity index (χ1) is 21.2. The van der Waals surface area contributed by atoms with E-state index in [0.717, 1.165) is 21.7 Å². The fourth-order valence-corrected chi connectivity index (χ4v) is 5.84. The molecule has 0 saturated carbocycles. The van der Waals surface area contributed by atoms with E-state index in [2.05, 4.69) is 4.98 Å². The number of Topliss-reactive ketones (excluding diaryl/α,β-unsaturated/α-hetero) is 2. The number of likely N-dealkylation sites (N-methyl/N-ethyl adjacent to an activating group) is 1. The van der Waals surface area contributed by atoms with Crippen molar-refractivity contribution in [1.29, 1.82) is 0 Å². The number of halogens is 1. The van der Waals surface area contributed by atoms with Crippen LogP contribution in [0.1, 0.15) is 17.5 Å². The number of fused-ring (bicyclic) bond motifs is 1. The summed E-state index contributed by atoms with van der Waals surface area (Å²) in [6.07, 6.45) is 3.20. The fraction of sp³-hybridized carbons (Fsp3) is 0.235. The number of ketones is 2. The second kappa shape index (κ2) is 13.7. The normalized spacial score (nSPS) is 11.2. The molecule has 44 heavy (non-hydrogen) atoms. The van der Waals surface area contributed by atoms with Crippen molar-refractivity contribution < 1.29 is 23.5 Å². The van der Waals surface area contributed by atoms with Crippen LogP contribution in [0, 0.1) is 5.82 Å². The first kappa shape index (κ1) is 30.8. The van der Waals surface area contributed by atoms with E-state index in [9.17, 15) is 14.4 Å². The summed E-state index contributed by atoms with van der Waals surface area (Å²) < 4.78 is 28.8. The lowest BCUT2D eigenvalue weighted by atomic mass is 10.0. The summed E-state index contributed by atoms with van der Waals surface area (Å²) in [6, 6.07) is 18.5. The highest BCUT2D eigenvalue weighted by Gasteiger charge is 2.17. The van der Waals surface area contributed by atoms with E-state index >= 15 is 4.39 Å². The Kier molecular flexibility index (Phi) is 9.62. The number of rotatable bonds is 13. The van der Waals surface area contributed by atoms with Gasteiger partial charge < -0.3 is 18.9 Å². The van der Waals surface area contributed by atoms with Gasteiger partial charge in [0.05, 0.1) is 23.7 Å². The summed E-state index contributed by atoms with van der Waals surface area (Å²) in [6.45, 7) is 1.30. The molecule has 0 bridgehead atoms. The number of pyridine rings is 2. The zero-order valence-corrected chi connectivity index (χ0v) is 25.5. The fourth-order valence-electron chi connectivity index (χ4n) is 4.79. The standard InChI is InChI=1S/C34H32FN3O5S/c1-37(2)14-15-38-21-24(9-11-33(38)41)32-20-28-34(44-32)31(12-13-36-28)43-30-10-8-22(17-27(30)35)16-25(39)19-26(40)18-23-6-4-5-7-29(23)42-3/h4-13,17,20-21H,14-16,18-19H2,1-3H3. The molecule has 5 aromatic rings. The van der Waals surface area contributed by atoms with Crippen LogP contribution in [-0.4, -0.2) is 53.8 Å². The molecule has 5 rings (SSSR count). The van der Waals surface area contributed by atoms with Crippen molar-refractivity contribution in [3.8, 4) is 27.7 Å². The number of thiophene rings is 1. The molecule has 0 saturated heterocycles. The Labute approximate surface area is 258 Å². The molecule has 0 aliphatic rings. The zero-order chi connectivity index (χ0) is 31.2. The van der Waals surface area contributed by atoms with Crippen LogP contribution in [0.3, 0.4) is 0 Å². The van der Waals surface area contributed by atoms with E-state index in [1.54, 1.807) is 47.2 Å². The molecule has 0 aliphatic carbocycles. The molecule has 8 nitrogen and oxygen atoms in total. The van der Waals surface area contributed by atoms with Gasteiger partial charge in [0, 0.05) is 66.5 Å². The number of methoxy groups -OCH3 is 1. The average Bonchev–Trinajstić information content (AvgIpc) is 3.43. The first-order valence-corrected chi connectivity index (χ1v) is 14.9. The lowest BCUT2D eigenvalue weighted by molar-refractivity contribution is -0.126. The maximum absolute atomic E-state index is 15.1. The molecular formula is C34H32FN3O5S. The maximum atomic E-state index is 15.1. The van der Waals surface area contributed by atoms with E-state index < -0.39 is 5.82 Å². The third-order valence-electron chi connectivity index (χ3n) is 7.02. The van der Waals surface area contributed by atoms with Gasteiger partial charge in [-0.2, -0.15) is 0 Å². The number of hydrogen-bond acceptors (Lipinski definition) is 8. The van der Waals surface area contributed by atoms with E-state index in [0.29, 0.717) is 34.7 Å². The van der Waals surface area contributed by atoms with Crippen molar-refractivity contribution in [1.82, 2.24) is 14.5 Å². The Morgan fingerprint density at radius 3 is 2.52 bits per heavy atom. The smallest absolute Gasteiger partial charge is 0.250 e. The molecule has 0 radical (unpaired) electrons. The molecule has 0 fully saturated rings. The second-order valence-corrected chi connectivity index (χ2v) is 11.7. The summed E-state index contributed by atoms with van der Waals surface area (Å²) in [5, 5.41) is 0. The third-order valence-corrected chi connectivity index (χ3v) is 8.21. The Hall–Kier alpha value is -4.67.